The Balaban J connectivity index is 1.96. The minimum absolute atomic E-state index is 0.00567. The largest absolute Gasteiger partial charge is 0.239 e. The van der Waals surface area contributed by atoms with Crippen LogP contribution in [0.15, 0.2) is 59.7 Å². The van der Waals surface area contributed by atoms with Crippen molar-refractivity contribution in [2.75, 3.05) is 0 Å². The van der Waals surface area contributed by atoms with E-state index in [0.717, 1.165) is 0 Å². The van der Waals surface area contributed by atoms with Crippen molar-refractivity contribution in [3.05, 3.63) is 127 Å². The Morgan fingerprint density at radius 2 is 0.848 bits per heavy atom. The van der Waals surface area contributed by atoms with E-state index in [1.54, 1.807) is 0 Å². The summed E-state index contributed by atoms with van der Waals surface area (Å²) in [6.07, 6.45) is 0. The van der Waals surface area contributed by atoms with Crippen LogP contribution in [-0.2, 0) is 0 Å². The highest BCUT2D eigenvalue weighted by Crippen LogP contribution is 2.54. The quantitative estimate of drug-likeness (QED) is 0.227. The highest BCUT2D eigenvalue weighted by Gasteiger charge is 2.37. The van der Waals surface area contributed by atoms with E-state index in [2.05, 4.69) is 21.8 Å². The molecule has 0 fully saturated rings. The minimum atomic E-state index is -0.375. The van der Waals surface area contributed by atoms with E-state index in [-0.39, 0.29) is 100 Å². The lowest BCUT2D eigenvalue weighted by Crippen LogP contribution is -1.95. The summed E-state index contributed by atoms with van der Waals surface area (Å²) in [7, 11) is 0. The Labute approximate surface area is 262 Å². The van der Waals surface area contributed by atoms with E-state index in [1.165, 1.54) is 48.5 Å². The maximum absolute atomic E-state index is 10.4. The van der Waals surface area contributed by atoms with Crippen LogP contribution in [0.4, 0.5) is 11.4 Å². The topological polar surface area (TPSA) is 199 Å². The van der Waals surface area contributed by atoms with Crippen molar-refractivity contribution in [2.24, 2.45) is 0 Å². The van der Waals surface area contributed by atoms with Crippen molar-refractivity contribution >= 4 is 44.8 Å². The maximum atomic E-state index is 10.4. The van der Waals surface area contributed by atoms with Crippen LogP contribution in [0, 0.1) is 104 Å². The van der Waals surface area contributed by atoms with Gasteiger partial charge in [0.25, 0.3) is 0 Å². The molecule has 2 aliphatic rings. The summed E-state index contributed by atoms with van der Waals surface area (Å²) in [5, 5.41) is 79.9. The van der Waals surface area contributed by atoms with Gasteiger partial charge in [-0.1, -0.05) is 18.2 Å². The molecule has 46 heavy (non-hydrogen) atoms. The van der Waals surface area contributed by atoms with Crippen molar-refractivity contribution < 1.29 is 0 Å². The van der Waals surface area contributed by atoms with Gasteiger partial charge in [-0.2, -0.15) is 42.1 Å². The first kappa shape index (κ1) is 29.0. The van der Waals surface area contributed by atoms with Crippen LogP contribution in [0.5, 0.6) is 0 Å². The summed E-state index contributed by atoms with van der Waals surface area (Å²) in [6.45, 7) is 15.0. The van der Waals surface area contributed by atoms with Crippen molar-refractivity contribution in [1.82, 2.24) is 0 Å². The van der Waals surface area contributed by atoms with E-state index in [1.807, 2.05) is 36.4 Å². The average Bonchev–Trinajstić information content (AvgIpc) is 3.59. The van der Waals surface area contributed by atoms with Crippen molar-refractivity contribution in [2.45, 2.75) is 0 Å². The van der Waals surface area contributed by atoms with E-state index < -0.39 is 0 Å². The molecule has 3 aromatic rings. The summed E-state index contributed by atoms with van der Waals surface area (Å²) in [5.74, 6) is 0. The van der Waals surface area contributed by atoms with E-state index in [0.29, 0.717) is 0 Å². The second kappa shape index (κ2) is 11.4. The van der Waals surface area contributed by atoms with Crippen LogP contribution in [-0.4, -0.2) is 0 Å². The third-order valence-electron chi connectivity index (χ3n) is 7.34. The molecule has 0 amide bonds. The Kier molecular flexibility index (Phi) is 7.21. The third-order valence-corrected chi connectivity index (χ3v) is 7.34. The number of hydrogen-bond donors (Lipinski definition) is 0. The van der Waals surface area contributed by atoms with Gasteiger partial charge in [-0.25, -0.2) is 9.69 Å². The van der Waals surface area contributed by atoms with Crippen LogP contribution in [0.3, 0.4) is 0 Å². The van der Waals surface area contributed by atoms with Crippen LogP contribution < -0.4 is 0 Å². The van der Waals surface area contributed by atoms with Crippen molar-refractivity contribution in [3.8, 4) is 48.6 Å². The van der Waals surface area contributed by atoms with E-state index in [9.17, 15) is 42.1 Å². The van der Waals surface area contributed by atoms with Gasteiger partial charge in [-0.3, -0.25) is 0 Å². The molecule has 0 radical (unpaired) electrons. The zero-order valence-electron chi connectivity index (χ0n) is 23.1. The summed E-state index contributed by atoms with van der Waals surface area (Å²) >= 11 is 0. The summed E-state index contributed by atoms with van der Waals surface area (Å²) < 4.78 is 0. The van der Waals surface area contributed by atoms with E-state index >= 15 is 0 Å². The standard InChI is InChI=1S/C36H8N10/c1-45-25-6-22(7-26(8-25)46-2)34-32(18-44)28-10-29-27(9-30(28)36(34)24(15-41)16-42)31(17-43)33(35(29)23(13-39)14-40)21-4-19(11-37)3-20(5-21)12-38/h3-10H. The van der Waals surface area contributed by atoms with Gasteiger partial charge in [-0.05, 0) is 52.6 Å². The summed E-state index contributed by atoms with van der Waals surface area (Å²) in [6, 6.07) is 27.0. The lowest BCUT2D eigenvalue weighted by Gasteiger charge is -2.11. The van der Waals surface area contributed by atoms with Crippen LogP contribution in [0.25, 0.3) is 43.1 Å². The molecule has 0 atom stereocenters. The molecule has 10 nitrogen and oxygen atoms in total. The van der Waals surface area contributed by atoms with Gasteiger partial charge in [0.2, 0.25) is 0 Å². The average molecular weight is 581 g/mol. The molecule has 5 rings (SSSR count). The number of nitrogens with zero attached hydrogens (tertiary/aromatic N) is 10. The SMILES string of the molecule is [C-]#[N+]c1cc([N+]#[C-])cc(C2=C(C#N)c3cc4c(cc3C2=C(C#N)C#N)C(C#N)=C(c2cc(C#N)cc(C#N)c2)C4=C(C#N)C#N)c1. The fourth-order valence-electron chi connectivity index (χ4n) is 5.59. The Bertz CT molecular complexity index is 2290. The zero-order chi connectivity index (χ0) is 33.1. The van der Waals surface area contributed by atoms with Crippen LogP contribution in [0.1, 0.15) is 44.5 Å². The first-order valence-electron chi connectivity index (χ1n) is 12.8. The van der Waals surface area contributed by atoms with Crippen LogP contribution >= 0.6 is 0 Å². The minimum Gasteiger partial charge on any atom is -0.239 e. The number of fused-ring (bicyclic) bond motifs is 2. The first-order chi connectivity index (χ1) is 22.4. The Morgan fingerprint density at radius 1 is 0.457 bits per heavy atom. The van der Waals surface area contributed by atoms with Gasteiger partial charge in [0.15, 0.2) is 11.4 Å². The third kappa shape index (κ3) is 4.27. The molecule has 0 bridgehead atoms. The monoisotopic (exact) mass is 580 g/mol. The highest BCUT2D eigenvalue weighted by molar-refractivity contribution is 6.30. The van der Waals surface area contributed by atoms with Crippen LogP contribution in [0.2, 0.25) is 0 Å². The molecule has 0 spiro atoms. The molecular weight excluding hydrogens is 572 g/mol. The van der Waals surface area contributed by atoms with Gasteiger partial charge < -0.3 is 0 Å². The molecule has 0 aromatic heterocycles. The summed E-state index contributed by atoms with van der Waals surface area (Å²) in [5.41, 5.74) is 1.33. The fraction of sp³-hybridized carbons (Fsp3) is 0. The predicted molar refractivity (Wildman–Crippen MR) is 162 cm³/mol. The van der Waals surface area contributed by atoms with Gasteiger partial charge in [0.05, 0.1) is 47.6 Å². The molecule has 2 aliphatic carbocycles. The molecule has 202 valence electrons. The lowest BCUT2D eigenvalue weighted by atomic mass is 9.89. The van der Waals surface area contributed by atoms with Gasteiger partial charge in [-0.15, -0.1) is 0 Å². The highest BCUT2D eigenvalue weighted by atomic mass is 14.7. The number of rotatable bonds is 2. The molecule has 0 heterocycles. The molecule has 3 aromatic carbocycles. The number of allylic oxidation sites excluding steroid dienone is 8. The Morgan fingerprint density at radius 3 is 1.17 bits per heavy atom. The first-order valence-corrected chi connectivity index (χ1v) is 12.8. The normalized spacial score (nSPS) is 11.9. The van der Waals surface area contributed by atoms with Crippen molar-refractivity contribution in [1.29, 1.82) is 42.1 Å². The molecule has 10 heteroatoms. The predicted octanol–water partition coefficient (Wildman–Crippen LogP) is 7.03. The molecule has 0 aliphatic heterocycles. The van der Waals surface area contributed by atoms with Gasteiger partial charge >= 0.3 is 0 Å². The van der Waals surface area contributed by atoms with E-state index in [4.69, 9.17) is 13.1 Å². The van der Waals surface area contributed by atoms with Gasteiger partial charge in [0.1, 0.15) is 47.6 Å². The molecule has 0 N–H and O–H groups in total. The second-order valence-electron chi connectivity index (χ2n) is 9.60. The number of hydrogen-bond acceptors (Lipinski definition) is 8. The van der Waals surface area contributed by atoms with Gasteiger partial charge in [0, 0.05) is 33.4 Å². The zero-order valence-corrected chi connectivity index (χ0v) is 23.1. The molecule has 0 unspecified atom stereocenters. The Hall–Kier alpha value is -8.48. The number of nitriles is 8. The smallest absolute Gasteiger partial charge is 0.177 e. The molecular formula is C36H8N10. The second-order valence-corrected chi connectivity index (χ2v) is 9.60. The van der Waals surface area contributed by atoms with Crippen molar-refractivity contribution in [3.63, 3.8) is 0 Å². The molecule has 0 saturated carbocycles. The maximum Gasteiger partial charge on any atom is 0.177 e. The summed E-state index contributed by atoms with van der Waals surface area (Å²) in [4.78, 5) is 6.82. The lowest BCUT2D eigenvalue weighted by molar-refractivity contribution is 1.43. The number of benzene rings is 3. The molecule has 0 saturated heterocycles. The fourth-order valence-corrected chi connectivity index (χ4v) is 5.59.